The van der Waals surface area contributed by atoms with Crippen LogP contribution in [0, 0.1) is 0 Å². The predicted molar refractivity (Wildman–Crippen MR) is 153 cm³/mol. The van der Waals surface area contributed by atoms with Crippen molar-refractivity contribution < 1.29 is 9.53 Å². The van der Waals surface area contributed by atoms with Crippen LogP contribution in [0.3, 0.4) is 0 Å². The number of hydrogen-bond donors (Lipinski definition) is 0. The van der Waals surface area contributed by atoms with Crippen LogP contribution < -0.4 is 4.74 Å². The Kier molecular flexibility index (Phi) is 8.00. The fourth-order valence-electron chi connectivity index (χ4n) is 3.93. The first-order valence-electron chi connectivity index (χ1n) is 11.7. The zero-order valence-electron chi connectivity index (χ0n) is 20.1. The number of carbonyl (C=O) groups excluding carboxylic acids is 1. The van der Waals surface area contributed by atoms with Gasteiger partial charge in [-0.3, -0.25) is 4.79 Å². The topological polar surface area (TPSA) is 26.3 Å². The van der Waals surface area contributed by atoms with Crippen LogP contribution in [-0.4, -0.2) is 12.9 Å². The summed E-state index contributed by atoms with van der Waals surface area (Å²) >= 11 is 8.20. The fourth-order valence-corrected chi connectivity index (χ4v) is 7.12. The lowest BCUT2D eigenvalue weighted by molar-refractivity contribution is 0.103. The van der Waals surface area contributed by atoms with E-state index in [1.54, 1.807) is 49.2 Å². The molecule has 0 bridgehead atoms. The molecule has 0 saturated heterocycles. The first-order chi connectivity index (χ1) is 18.1. The summed E-state index contributed by atoms with van der Waals surface area (Å²) in [4.78, 5) is 18.7. The zero-order chi connectivity index (χ0) is 25.6. The second-order valence-electron chi connectivity index (χ2n) is 8.21. The first kappa shape index (κ1) is 25.2. The molecule has 182 valence electrons. The molecular weight excluding hydrogens is 516 g/mol. The number of ether oxygens (including phenoxy) is 1. The number of benzene rings is 5. The molecule has 0 aliphatic heterocycles. The van der Waals surface area contributed by atoms with Crippen molar-refractivity contribution in [2.24, 2.45) is 0 Å². The van der Waals surface area contributed by atoms with Gasteiger partial charge in [0.1, 0.15) is 5.75 Å². The number of methoxy groups -OCH3 is 1. The van der Waals surface area contributed by atoms with Crippen molar-refractivity contribution in [2.45, 2.75) is 24.5 Å². The molecule has 0 unspecified atom stereocenters. The van der Waals surface area contributed by atoms with E-state index in [0.717, 1.165) is 9.79 Å². The van der Waals surface area contributed by atoms with Crippen molar-refractivity contribution in [3.8, 4) is 5.75 Å². The molecule has 0 aromatic heterocycles. The number of carbonyl (C=O) groups is 1. The van der Waals surface area contributed by atoms with Crippen molar-refractivity contribution in [1.29, 1.82) is 0 Å². The standard InChI is InChI=1S/C32H24ClO2S2/c1-35-25-15-12-23(13-16-25)32(34)24-14-21-31(30(33)22-24)36-26-17-19-29(20-18-26)37(27-8-4-2-5-9-27)28-10-6-3-7-11-28/h2-22H,1H3/q+1. The third-order valence-corrected chi connectivity index (χ3v) is 9.53. The minimum Gasteiger partial charge on any atom is -0.497 e. The highest BCUT2D eigenvalue weighted by Crippen LogP contribution is 2.37. The van der Waals surface area contributed by atoms with Gasteiger partial charge in [0.05, 0.1) is 23.0 Å². The van der Waals surface area contributed by atoms with Crippen LogP contribution in [0.5, 0.6) is 5.75 Å². The Labute approximate surface area is 229 Å². The molecule has 2 nitrogen and oxygen atoms in total. The summed E-state index contributed by atoms with van der Waals surface area (Å²) in [5.74, 6) is 0.644. The summed E-state index contributed by atoms with van der Waals surface area (Å²) in [6, 6.07) is 42.5. The smallest absolute Gasteiger partial charge is 0.193 e. The van der Waals surface area contributed by atoms with Crippen LogP contribution in [0.4, 0.5) is 0 Å². The molecule has 0 saturated carbocycles. The number of rotatable bonds is 8. The Morgan fingerprint density at radius 1 is 0.676 bits per heavy atom. The van der Waals surface area contributed by atoms with E-state index in [1.807, 2.05) is 12.1 Å². The van der Waals surface area contributed by atoms with Gasteiger partial charge < -0.3 is 4.74 Å². The van der Waals surface area contributed by atoms with Gasteiger partial charge >= 0.3 is 0 Å². The largest absolute Gasteiger partial charge is 0.497 e. The van der Waals surface area contributed by atoms with Crippen LogP contribution in [0.2, 0.25) is 5.02 Å². The lowest BCUT2D eigenvalue weighted by Gasteiger charge is -2.10. The van der Waals surface area contributed by atoms with Gasteiger partial charge in [0.15, 0.2) is 20.5 Å². The van der Waals surface area contributed by atoms with Gasteiger partial charge in [0, 0.05) is 20.9 Å². The maximum Gasteiger partial charge on any atom is 0.193 e. The second-order valence-corrected chi connectivity index (χ2v) is 11.8. The van der Waals surface area contributed by atoms with Gasteiger partial charge in [-0.15, -0.1) is 0 Å². The van der Waals surface area contributed by atoms with Gasteiger partial charge in [-0.05, 0) is 91.0 Å². The number of ketones is 1. The van der Waals surface area contributed by atoms with E-state index in [4.69, 9.17) is 16.3 Å². The Morgan fingerprint density at radius 3 is 1.76 bits per heavy atom. The molecule has 0 amide bonds. The van der Waals surface area contributed by atoms with Crippen LogP contribution in [-0.2, 0) is 10.9 Å². The van der Waals surface area contributed by atoms with E-state index in [0.29, 0.717) is 21.9 Å². The van der Waals surface area contributed by atoms with Crippen LogP contribution >= 0.6 is 23.4 Å². The second kappa shape index (κ2) is 11.7. The van der Waals surface area contributed by atoms with Crippen LogP contribution in [0.1, 0.15) is 15.9 Å². The molecule has 5 heteroatoms. The Morgan fingerprint density at radius 2 is 1.22 bits per heavy atom. The first-order valence-corrected chi connectivity index (χ1v) is 14.1. The fraction of sp³-hybridized carbons (Fsp3) is 0.0312. The lowest BCUT2D eigenvalue weighted by atomic mass is 10.0. The highest BCUT2D eigenvalue weighted by Gasteiger charge is 2.28. The lowest BCUT2D eigenvalue weighted by Crippen LogP contribution is -2.04. The minimum atomic E-state index is -0.183. The molecule has 5 rings (SSSR count). The van der Waals surface area contributed by atoms with Gasteiger partial charge in [-0.1, -0.05) is 59.8 Å². The normalized spacial score (nSPS) is 10.9. The third-order valence-electron chi connectivity index (χ3n) is 5.79. The van der Waals surface area contributed by atoms with Gasteiger partial charge in [-0.2, -0.15) is 0 Å². The molecule has 5 aromatic carbocycles. The minimum absolute atomic E-state index is 0.0701. The van der Waals surface area contributed by atoms with Gasteiger partial charge in [0.25, 0.3) is 0 Å². The molecule has 0 N–H and O–H groups in total. The van der Waals surface area contributed by atoms with Crippen molar-refractivity contribution in [2.75, 3.05) is 7.11 Å². The maximum atomic E-state index is 12.9. The zero-order valence-corrected chi connectivity index (χ0v) is 22.5. The summed E-state index contributed by atoms with van der Waals surface area (Å²) < 4.78 is 5.18. The Bertz CT molecular complexity index is 1450. The summed E-state index contributed by atoms with van der Waals surface area (Å²) in [5.41, 5.74) is 1.16. The van der Waals surface area contributed by atoms with Crippen molar-refractivity contribution >= 4 is 40.0 Å². The highest BCUT2D eigenvalue weighted by molar-refractivity contribution is 7.99. The van der Waals surface area contributed by atoms with E-state index < -0.39 is 0 Å². The third kappa shape index (κ3) is 5.94. The molecule has 0 heterocycles. The van der Waals surface area contributed by atoms with Crippen molar-refractivity contribution in [3.05, 3.63) is 144 Å². The monoisotopic (exact) mass is 539 g/mol. The SMILES string of the molecule is COc1ccc(C(=O)c2ccc(Sc3ccc([S+](c4ccccc4)c4ccccc4)cc3)c(Cl)c2)cc1. The Hall–Kier alpha value is -3.44. The van der Waals surface area contributed by atoms with Gasteiger partial charge in [0.2, 0.25) is 0 Å². The molecule has 0 spiro atoms. The highest BCUT2D eigenvalue weighted by atomic mass is 35.5. The molecular formula is C32H24ClO2S2+. The molecule has 0 atom stereocenters. The summed E-state index contributed by atoms with van der Waals surface area (Å²) in [5, 5.41) is 0.557. The van der Waals surface area contributed by atoms with Crippen molar-refractivity contribution in [3.63, 3.8) is 0 Å². The number of halogens is 1. The van der Waals surface area contributed by atoms with E-state index >= 15 is 0 Å². The summed E-state index contributed by atoms with van der Waals surface area (Å²) in [6.45, 7) is 0. The van der Waals surface area contributed by atoms with E-state index in [1.165, 1.54) is 14.7 Å². The molecule has 5 aromatic rings. The molecule has 37 heavy (non-hydrogen) atoms. The number of hydrogen-bond acceptors (Lipinski definition) is 3. The quantitative estimate of drug-likeness (QED) is 0.145. The van der Waals surface area contributed by atoms with Crippen molar-refractivity contribution in [1.82, 2.24) is 0 Å². The van der Waals surface area contributed by atoms with E-state index in [2.05, 4.69) is 84.9 Å². The van der Waals surface area contributed by atoms with Gasteiger partial charge in [-0.25, -0.2) is 0 Å². The van der Waals surface area contributed by atoms with Crippen LogP contribution in [0.15, 0.2) is 152 Å². The average Bonchev–Trinajstić information content (AvgIpc) is 2.96. The summed E-state index contributed by atoms with van der Waals surface area (Å²) in [7, 11) is 1.42. The van der Waals surface area contributed by atoms with E-state index in [9.17, 15) is 4.79 Å². The average molecular weight is 540 g/mol. The van der Waals surface area contributed by atoms with E-state index in [-0.39, 0.29) is 16.7 Å². The maximum absolute atomic E-state index is 12.9. The predicted octanol–water partition coefficient (Wildman–Crippen LogP) is 8.83. The molecule has 0 aliphatic carbocycles. The summed E-state index contributed by atoms with van der Waals surface area (Å²) in [6.07, 6.45) is 0. The molecule has 0 radical (unpaired) electrons. The van der Waals surface area contributed by atoms with Crippen LogP contribution in [0.25, 0.3) is 0 Å². The molecule has 0 fully saturated rings. The molecule has 0 aliphatic rings. The Balaban J connectivity index is 1.35.